The Kier molecular flexibility index (Phi) is 8.04. The highest BCUT2D eigenvalue weighted by Gasteiger charge is 2.23. The summed E-state index contributed by atoms with van der Waals surface area (Å²) in [6, 6.07) is 7.26. The summed E-state index contributed by atoms with van der Waals surface area (Å²) in [5.74, 6) is -1.25. The molecule has 1 aromatic heterocycles. The number of esters is 2. The molecular formula is C21H28N2O5. The van der Waals surface area contributed by atoms with Crippen molar-refractivity contribution >= 4 is 28.7 Å². The van der Waals surface area contributed by atoms with Crippen molar-refractivity contribution in [1.29, 1.82) is 0 Å². The number of rotatable bonds is 10. The number of aryl methyl sites for hydroxylation is 1. The average Bonchev–Trinajstić information content (AvgIpc) is 3.08. The van der Waals surface area contributed by atoms with Crippen molar-refractivity contribution in [3.05, 3.63) is 36.0 Å². The van der Waals surface area contributed by atoms with Crippen molar-refractivity contribution in [2.24, 2.45) is 5.92 Å². The number of hydrogen-bond donors (Lipinski definition) is 2. The van der Waals surface area contributed by atoms with Crippen LogP contribution in [0.15, 0.2) is 30.5 Å². The van der Waals surface area contributed by atoms with E-state index in [1.165, 1.54) is 7.11 Å². The van der Waals surface area contributed by atoms with Crippen LogP contribution < -0.4 is 5.32 Å². The van der Waals surface area contributed by atoms with Gasteiger partial charge in [0.1, 0.15) is 6.04 Å². The Morgan fingerprint density at radius 3 is 2.64 bits per heavy atom. The highest BCUT2D eigenvalue weighted by Crippen LogP contribution is 2.19. The molecule has 152 valence electrons. The fourth-order valence-electron chi connectivity index (χ4n) is 3.04. The molecule has 1 heterocycles. The molecule has 0 saturated heterocycles. The molecule has 0 aliphatic rings. The Hall–Kier alpha value is -2.83. The van der Waals surface area contributed by atoms with Crippen molar-refractivity contribution in [2.45, 2.75) is 45.6 Å². The highest BCUT2D eigenvalue weighted by atomic mass is 16.5. The van der Waals surface area contributed by atoms with Gasteiger partial charge in [0.2, 0.25) is 0 Å². The van der Waals surface area contributed by atoms with Crippen LogP contribution in [0.25, 0.3) is 10.9 Å². The first-order valence-corrected chi connectivity index (χ1v) is 9.48. The molecule has 1 aromatic carbocycles. The number of benzene rings is 1. The number of methoxy groups -OCH3 is 1. The Labute approximate surface area is 164 Å². The van der Waals surface area contributed by atoms with Crippen LogP contribution in [0.3, 0.4) is 0 Å². The Bertz CT molecular complexity index is 812. The zero-order valence-electron chi connectivity index (χ0n) is 16.6. The molecule has 0 spiro atoms. The summed E-state index contributed by atoms with van der Waals surface area (Å²) < 4.78 is 9.71. The molecule has 1 atom stereocenters. The van der Waals surface area contributed by atoms with Gasteiger partial charge in [-0.05, 0) is 36.8 Å². The number of H-pyrrole nitrogens is 1. The van der Waals surface area contributed by atoms with Gasteiger partial charge < -0.3 is 19.8 Å². The van der Waals surface area contributed by atoms with Crippen LogP contribution in [0.1, 0.15) is 38.7 Å². The maximum Gasteiger partial charge on any atom is 0.328 e. The molecule has 0 bridgehead atoms. The van der Waals surface area contributed by atoms with Crippen molar-refractivity contribution in [1.82, 2.24) is 10.3 Å². The summed E-state index contributed by atoms with van der Waals surface area (Å²) in [6.45, 7) is 3.48. The number of aromatic amines is 1. The second kappa shape index (κ2) is 10.5. The van der Waals surface area contributed by atoms with Crippen molar-refractivity contribution < 1.29 is 23.9 Å². The molecule has 2 aromatic rings. The highest BCUT2D eigenvalue weighted by molar-refractivity contribution is 5.86. The van der Waals surface area contributed by atoms with Crippen LogP contribution in [0.4, 0.5) is 0 Å². The van der Waals surface area contributed by atoms with Gasteiger partial charge in [0.25, 0.3) is 5.91 Å². The third-order valence-electron chi connectivity index (χ3n) is 4.39. The smallest absolute Gasteiger partial charge is 0.328 e. The van der Waals surface area contributed by atoms with Gasteiger partial charge in [0.05, 0.1) is 7.11 Å². The summed E-state index contributed by atoms with van der Waals surface area (Å²) in [4.78, 5) is 38.8. The van der Waals surface area contributed by atoms with Crippen molar-refractivity contribution in [3.8, 4) is 0 Å². The van der Waals surface area contributed by atoms with E-state index in [-0.39, 0.29) is 12.3 Å². The minimum atomic E-state index is -0.738. The number of ether oxygens (including phenoxy) is 2. The summed E-state index contributed by atoms with van der Waals surface area (Å²) in [5, 5.41) is 3.71. The number of aromatic nitrogens is 1. The van der Waals surface area contributed by atoms with E-state index in [0.717, 1.165) is 22.9 Å². The van der Waals surface area contributed by atoms with Crippen LogP contribution in [-0.4, -0.2) is 42.6 Å². The third kappa shape index (κ3) is 6.40. The second-order valence-electron chi connectivity index (χ2n) is 7.15. The Balaban J connectivity index is 1.72. The number of fused-ring (bicyclic) bond motifs is 1. The predicted octanol–water partition coefficient (Wildman–Crippen LogP) is 2.74. The molecule has 7 heteroatoms. The second-order valence-corrected chi connectivity index (χ2v) is 7.15. The van der Waals surface area contributed by atoms with Gasteiger partial charge in [-0.15, -0.1) is 0 Å². The van der Waals surface area contributed by atoms with Gasteiger partial charge in [0.15, 0.2) is 6.61 Å². The van der Waals surface area contributed by atoms with E-state index in [1.54, 1.807) is 0 Å². The first-order valence-electron chi connectivity index (χ1n) is 9.48. The molecule has 1 amide bonds. The topological polar surface area (TPSA) is 97.5 Å². The number of hydrogen-bond acceptors (Lipinski definition) is 5. The number of carbonyl (C=O) groups excluding carboxylic acids is 3. The molecule has 0 unspecified atom stereocenters. The SMILES string of the molecule is COC(=O)[C@@H](CC(C)C)NC(=O)COC(=O)CCCc1c[nH]c2ccccc12. The van der Waals surface area contributed by atoms with Crippen LogP contribution >= 0.6 is 0 Å². The lowest BCUT2D eigenvalue weighted by Crippen LogP contribution is -2.44. The minimum absolute atomic E-state index is 0.205. The number of amides is 1. The average molecular weight is 388 g/mol. The zero-order valence-corrected chi connectivity index (χ0v) is 16.6. The molecule has 0 aliphatic carbocycles. The zero-order chi connectivity index (χ0) is 20.5. The van der Waals surface area contributed by atoms with E-state index < -0.39 is 30.5 Å². The lowest BCUT2D eigenvalue weighted by atomic mass is 10.0. The molecule has 0 saturated carbocycles. The lowest BCUT2D eigenvalue weighted by Gasteiger charge is -2.18. The molecule has 7 nitrogen and oxygen atoms in total. The summed E-state index contributed by atoms with van der Waals surface area (Å²) in [7, 11) is 1.27. The van der Waals surface area contributed by atoms with Crippen LogP contribution in [-0.2, 0) is 30.3 Å². The van der Waals surface area contributed by atoms with Gasteiger partial charge in [-0.3, -0.25) is 9.59 Å². The van der Waals surface area contributed by atoms with E-state index in [0.29, 0.717) is 12.8 Å². The standard InChI is InChI=1S/C21H28N2O5/c1-14(2)11-18(21(26)27-3)23-19(24)13-28-20(25)10-6-7-15-12-22-17-9-5-4-8-16(15)17/h4-5,8-9,12,14,18,22H,6-7,10-11,13H2,1-3H3,(H,23,24)/t18-/m1/s1. The lowest BCUT2D eigenvalue weighted by molar-refractivity contribution is -0.150. The maximum atomic E-state index is 12.0. The number of nitrogens with one attached hydrogen (secondary N) is 2. The third-order valence-corrected chi connectivity index (χ3v) is 4.39. The Morgan fingerprint density at radius 2 is 1.93 bits per heavy atom. The molecule has 2 rings (SSSR count). The normalized spacial score (nSPS) is 12.0. The largest absolute Gasteiger partial charge is 0.467 e. The summed E-state index contributed by atoms with van der Waals surface area (Å²) in [5.41, 5.74) is 2.22. The first kappa shape index (κ1) is 21.5. The molecule has 0 fully saturated rings. The van der Waals surface area contributed by atoms with Gasteiger partial charge in [-0.2, -0.15) is 0 Å². The summed E-state index contributed by atoms with van der Waals surface area (Å²) in [6.07, 6.45) is 3.99. The van der Waals surface area contributed by atoms with E-state index in [4.69, 9.17) is 9.47 Å². The molecule has 0 radical (unpaired) electrons. The van der Waals surface area contributed by atoms with E-state index in [2.05, 4.69) is 10.3 Å². The van der Waals surface area contributed by atoms with Gasteiger partial charge >= 0.3 is 11.9 Å². The van der Waals surface area contributed by atoms with E-state index >= 15 is 0 Å². The van der Waals surface area contributed by atoms with E-state index in [9.17, 15) is 14.4 Å². The molecule has 28 heavy (non-hydrogen) atoms. The van der Waals surface area contributed by atoms with E-state index in [1.807, 2.05) is 44.3 Å². The fraction of sp³-hybridized carbons (Fsp3) is 0.476. The van der Waals surface area contributed by atoms with Crippen LogP contribution in [0, 0.1) is 5.92 Å². The van der Waals surface area contributed by atoms with Gasteiger partial charge in [-0.25, -0.2) is 4.79 Å². The number of para-hydroxylation sites is 1. The quantitative estimate of drug-likeness (QED) is 0.610. The molecule has 0 aliphatic heterocycles. The van der Waals surface area contributed by atoms with Crippen LogP contribution in [0.5, 0.6) is 0 Å². The van der Waals surface area contributed by atoms with Gasteiger partial charge in [-0.1, -0.05) is 32.0 Å². The minimum Gasteiger partial charge on any atom is -0.467 e. The van der Waals surface area contributed by atoms with Gasteiger partial charge in [0, 0.05) is 23.5 Å². The van der Waals surface area contributed by atoms with Crippen molar-refractivity contribution in [2.75, 3.05) is 13.7 Å². The van der Waals surface area contributed by atoms with Crippen LogP contribution in [0.2, 0.25) is 0 Å². The Morgan fingerprint density at radius 1 is 1.18 bits per heavy atom. The fourth-order valence-corrected chi connectivity index (χ4v) is 3.04. The maximum absolute atomic E-state index is 12.0. The molecular weight excluding hydrogens is 360 g/mol. The molecule has 2 N–H and O–H groups in total. The number of carbonyl (C=O) groups is 3. The first-order chi connectivity index (χ1) is 13.4. The predicted molar refractivity (Wildman–Crippen MR) is 106 cm³/mol. The summed E-state index contributed by atoms with van der Waals surface area (Å²) >= 11 is 0. The monoisotopic (exact) mass is 388 g/mol. The van der Waals surface area contributed by atoms with Crippen molar-refractivity contribution in [3.63, 3.8) is 0 Å².